The molecule has 1 amide bonds. The first-order valence-corrected chi connectivity index (χ1v) is 10.7. The van der Waals surface area contributed by atoms with Crippen molar-refractivity contribution in [3.05, 3.63) is 113 Å². The third-order valence-corrected chi connectivity index (χ3v) is 5.26. The topological polar surface area (TPSA) is 69.0 Å². The molecule has 0 atom stereocenters. The Morgan fingerprint density at radius 2 is 1.67 bits per heavy atom. The normalized spacial score (nSPS) is 10.8. The fraction of sp³-hybridized carbons (Fsp3) is 0.0385. The predicted molar refractivity (Wildman–Crippen MR) is 129 cm³/mol. The molecular weight excluding hydrogens is 436 g/mol. The predicted octanol–water partition coefficient (Wildman–Crippen LogP) is 5.91. The molecule has 0 spiro atoms. The van der Waals surface area contributed by atoms with Gasteiger partial charge in [-0.05, 0) is 60.2 Å². The number of carbonyl (C=O) groups excluding carboxylic acids is 1. The molecule has 0 saturated carbocycles. The summed E-state index contributed by atoms with van der Waals surface area (Å²) in [5.74, 6) is 0.396. The standard InChI is InChI=1S/C26H19ClN4O2/c27-20-9-5-10-22(15-20)31-29-24-13-12-21(16-25(24)30-31)28-26(32)19-8-4-11-23(14-19)33-17-18-6-2-1-3-7-18/h1-16H,17H2,(H,28,32). The maximum atomic E-state index is 12.8. The SMILES string of the molecule is O=C(Nc1ccc2nn(-c3cccc(Cl)c3)nc2c1)c1cccc(OCc2ccccc2)c1. The van der Waals surface area contributed by atoms with Gasteiger partial charge in [-0.15, -0.1) is 10.2 Å². The van der Waals surface area contributed by atoms with Crippen LogP contribution in [0.3, 0.4) is 0 Å². The maximum absolute atomic E-state index is 12.8. The summed E-state index contributed by atoms with van der Waals surface area (Å²) in [6, 6.07) is 29.7. The van der Waals surface area contributed by atoms with E-state index < -0.39 is 0 Å². The summed E-state index contributed by atoms with van der Waals surface area (Å²) in [6.07, 6.45) is 0. The van der Waals surface area contributed by atoms with Gasteiger partial charge in [0.1, 0.15) is 23.4 Å². The van der Waals surface area contributed by atoms with Gasteiger partial charge < -0.3 is 10.1 Å². The molecule has 1 heterocycles. The number of halogens is 1. The van der Waals surface area contributed by atoms with Crippen molar-refractivity contribution < 1.29 is 9.53 Å². The van der Waals surface area contributed by atoms with Gasteiger partial charge in [0.2, 0.25) is 0 Å². The lowest BCUT2D eigenvalue weighted by atomic mass is 10.2. The Hall–Kier alpha value is -4.16. The van der Waals surface area contributed by atoms with Crippen LogP contribution in [0.5, 0.6) is 5.75 Å². The number of rotatable bonds is 6. The van der Waals surface area contributed by atoms with Crippen LogP contribution in [-0.4, -0.2) is 20.9 Å². The number of carbonyl (C=O) groups is 1. The number of hydrogen-bond acceptors (Lipinski definition) is 4. The number of fused-ring (bicyclic) bond motifs is 1. The van der Waals surface area contributed by atoms with Gasteiger partial charge in [-0.25, -0.2) is 0 Å². The second-order valence-corrected chi connectivity index (χ2v) is 7.87. The second kappa shape index (κ2) is 9.14. The van der Waals surface area contributed by atoms with Crippen molar-refractivity contribution in [1.29, 1.82) is 0 Å². The van der Waals surface area contributed by atoms with Crippen LogP contribution in [0.2, 0.25) is 5.02 Å². The molecule has 0 aliphatic carbocycles. The Morgan fingerprint density at radius 1 is 0.848 bits per heavy atom. The van der Waals surface area contributed by atoms with Crippen molar-refractivity contribution in [3.8, 4) is 11.4 Å². The third-order valence-electron chi connectivity index (χ3n) is 5.02. The van der Waals surface area contributed by atoms with Crippen molar-refractivity contribution in [3.63, 3.8) is 0 Å². The van der Waals surface area contributed by atoms with Crippen LogP contribution in [0.4, 0.5) is 5.69 Å². The van der Waals surface area contributed by atoms with Crippen LogP contribution < -0.4 is 10.1 Å². The molecule has 0 aliphatic heterocycles. The van der Waals surface area contributed by atoms with Crippen LogP contribution in [0.15, 0.2) is 97.1 Å². The first-order chi connectivity index (χ1) is 16.1. The number of amides is 1. The Balaban J connectivity index is 1.30. The van der Waals surface area contributed by atoms with Gasteiger partial charge in [-0.1, -0.05) is 54.1 Å². The number of hydrogen-bond donors (Lipinski definition) is 1. The summed E-state index contributed by atoms with van der Waals surface area (Å²) in [5.41, 5.74) is 4.32. The van der Waals surface area contributed by atoms with Crippen LogP contribution >= 0.6 is 11.6 Å². The van der Waals surface area contributed by atoms with Crippen LogP contribution in [0, 0.1) is 0 Å². The van der Waals surface area contributed by atoms with Gasteiger partial charge in [0.05, 0.1) is 5.69 Å². The molecule has 0 unspecified atom stereocenters. The molecule has 0 bridgehead atoms. The molecule has 4 aromatic carbocycles. The van der Waals surface area contributed by atoms with Crippen molar-refractivity contribution in [2.24, 2.45) is 0 Å². The van der Waals surface area contributed by atoms with Crippen molar-refractivity contribution in [2.75, 3.05) is 5.32 Å². The summed E-state index contributed by atoms with van der Waals surface area (Å²) in [6.45, 7) is 0.435. The van der Waals surface area contributed by atoms with E-state index in [1.165, 1.54) is 4.80 Å². The smallest absolute Gasteiger partial charge is 0.255 e. The Bertz CT molecular complexity index is 1430. The average molecular weight is 455 g/mol. The molecule has 5 aromatic rings. The van der Waals surface area contributed by atoms with Crippen molar-refractivity contribution in [2.45, 2.75) is 6.61 Å². The summed E-state index contributed by atoms with van der Waals surface area (Å²) < 4.78 is 5.83. The summed E-state index contributed by atoms with van der Waals surface area (Å²) >= 11 is 6.07. The molecule has 7 heteroatoms. The second-order valence-electron chi connectivity index (χ2n) is 7.43. The maximum Gasteiger partial charge on any atom is 0.255 e. The molecular formula is C26H19ClN4O2. The molecule has 0 fully saturated rings. The fourth-order valence-corrected chi connectivity index (χ4v) is 3.56. The minimum absolute atomic E-state index is 0.234. The van der Waals surface area contributed by atoms with E-state index in [0.29, 0.717) is 39.7 Å². The zero-order chi connectivity index (χ0) is 22.6. The zero-order valence-corrected chi connectivity index (χ0v) is 18.2. The van der Waals surface area contributed by atoms with Crippen molar-refractivity contribution >= 4 is 34.2 Å². The van der Waals surface area contributed by atoms with Gasteiger partial charge in [0, 0.05) is 16.3 Å². The van der Waals surface area contributed by atoms with Gasteiger partial charge >= 0.3 is 0 Å². The molecule has 0 aliphatic rings. The number of benzene rings is 4. The van der Waals surface area contributed by atoms with Crippen LogP contribution in [0.25, 0.3) is 16.7 Å². The van der Waals surface area contributed by atoms with Gasteiger partial charge in [0.25, 0.3) is 5.91 Å². The molecule has 0 radical (unpaired) electrons. The van der Waals surface area contributed by atoms with Crippen LogP contribution in [-0.2, 0) is 6.61 Å². The minimum atomic E-state index is -0.234. The highest BCUT2D eigenvalue weighted by molar-refractivity contribution is 6.30. The van der Waals surface area contributed by atoms with E-state index >= 15 is 0 Å². The number of anilines is 1. The first-order valence-electron chi connectivity index (χ1n) is 10.4. The molecule has 33 heavy (non-hydrogen) atoms. The minimum Gasteiger partial charge on any atom is -0.489 e. The number of aromatic nitrogens is 3. The number of nitrogens with zero attached hydrogens (tertiary/aromatic N) is 3. The van der Waals surface area contributed by atoms with Gasteiger partial charge in [0.15, 0.2) is 0 Å². The van der Waals surface area contributed by atoms with E-state index in [4.69, 9.17) is 16.3 Å². The van der Waals surface area contributed by atoms with E-state index in [2.05, 4.69) is 15.5 Å². The summed E-state index contributed by atoms with van der Waals surface area (Å²) in [7, 11) is 0. The molecule has 6 nitrogen and oxygen atoms in total. The highest BCUT2D eigenvalue weighted by Gasteiger charge is 2.10. The van der Waals surface area contributed by atoms with E-state index in [1.807, 2.05) is 54.6 Å². The van der Waals surface area contributed by atoms with Crippen molar-refractivity contribution in [1.82, 2.24) is 15.0 Å². The Morgan fingerprint density at radius 3 is 2.52 bits per heavy atom. The monoisotopic (exact) mass is 454 g/mol. The van der Waals surface area contributed by atoms with E-state index in [-0.39, 0.29) is 5.91 Å². The molecule has 1 N–H and O–H groups in total. The quantitative estimate of drug-likeness (QED) is 0.346. The first kappa shape index (κ1) is 20.7. The summed E-state index contributed by atoms with van der Waals surface area (Å²) in [4.78, 5) is 14.3. The number of ether oxygens (including phenoxy) is 1. The molecule has 162 valence electrons. The Labute approximate surface area is 195 Å². The zero-order valence-electron chi connectivity index (χ0n) is 17.5. The van der Waals surface area contributed by atoms with Gasteiger partial charge in [-0.2, -0.15) is 4.80 Å². The average Bonchev–Trinajstić information content (AvgIpc) is 3.27. The number of nitrogens with one attached hydrogen (secondary N) is 1. The molecule has 5 rings (SSSR count). The summed E-state index contributed by atoms with van der Waals surface area (Å²) in [5, 5.41) is 12.5. The lowest BCUT2D eigenvalue weighted by molar-refractivity contribution is 0.102. The lowest BCUT2D eigenvalue weighted by Gasteiger charge is -2.09. The lowest BCUT2D eigenvalue weighted by Crippen LogP contribution is -2.12. The highest BCUT2D eigenvalue weighted by atomic mass is 35.5. The highest BCUT2D eigenvalue weighted by Crippen LogP contribution is 2.21. The molecule has 1 aromatic heterocycles. The van der Waals surface area contributed by atoms with Gasteiger partial charge in [-0.3, -0.25) is 4.79 Å². The van der Waals surface area contributed by atoms with Crippen LogP contribution in [0.1, 0.15) is 15.9 Å². The van der Waals surface area contributed by atoms with E-state index in [0.717, 1.165) is 11.3 Å². The molecule has 0 saturated heterocycles. The fourth-order valence-electron chi connectivity index (χ4n) is 3.38. The largest absolute Gasteiger partial charge is 0.489 e. The van der Waals surface area contributed by atoms with E-state index in [1.54, 1.807) is 42.5 Å². The van der Waals surface area contributed by atoms with E-state index in [9.17, 15) is 4.79 Å². The Kier molecular flexibility index (Phi) is 5.74. The third kappa shape index (κ3) is 4.86.